The summed E-state index contributed by atoms with van der Waals surface area (Å²) in [7, 11) is 4.58. The number of para-hydroxylation sites is 1. The number of ether oxygens (including phenoxy) is 4. The molecule has 0 aliphatic heterocycles. The second-order valence-corrected chi connectivity index (χ2v) is 8.33. The Bertz CT molecular complexity index is 1160. The highest BCUT2D eigenvalue weighted by Gasteiger charge is 2.21. The average Bonchev–Trinajstić information content (AvgIpc) is 2.87. The highest BCUT2D eigenvalue weighted by molar-refractivity contribution is 9.10. The molecule has 0 bridgehead atoms. The van der Waals surface area contributed by atoms with E-state index < -0.39 is 5.97 Å². The van der Waals surface area contributed by atoms with Crippen LogP contribution in [0.15, 0.2) is 65.1 Å². The quantitative estimate of drug-likeness (QED) is 0.371. The Hall–Kier alpha value is -3.72. The minimum absolute atomic E-state index is 0.0357. The molecule has 0 radical (unpaired) electrons. The normalized spacial score (nSPS) is 10.4. The third-order valence-corrected chi connectivity index (χ3v) is 5.83. The fourth-order valence-corrected chi connectivity index (χ4v) is 4.01. The van der Waals surface area contributed by atoms with Gasteiger partial charge < -0.3 is 29.0 Å². The molecule has 35 heavy (non-hydrogen) atoms. The predicted octanol–water partition coefficient (Wildman–Crippen LogP) is 4.78. The van der Waals surface area contributed by atoms with E-state index in [9.17, 15) is 14.7 Å². The van der Waals surface area contributed by atoms with Crippen LogP contribution in [0.25, 0.3) is 0 Å². The predicted molar refractivity (Wildman–Crippen MR) is 133 cm³/mol. The minimum Gasteiger partial charge on any atom is -0.493 e. The van der Waals surface area contributed by atoms with Gasteiger partial charge in [0.2, 0.25) is 5.75 Å². The molecule has 3 rings (SSSR count). The molecule has 0 saturated heterocycles. The summed E-state index contributed by atoms with van der Waals surface area (Å²) in [6, 6.07) is 17.8. The SMILES string of the molecule is COc1cc(CN(Cc2ccccc2)C(=O)COc2c(Br)cccc2C(=O)O)cc(OC)c1OC. The lowest BCUT2D eigenvalue weighted by molar-refractivity contribution is -0.134. The van der Waals surface area contributed by atoms with E-state index in [0.717, 1.165) is 11.1 Å². The van der Waals surface area contributed by atoms with Crippen molar-refractivity contribution in [3.05, 3.63) is 81.8 Å². The van der Waals surface area contributed by atoms with Crippen molar-refractivity contribution >= 4 is 27.8 Å². The standard InChI is InChI=1S/C26H26BrNO7/c1-32-21-12-18(13-22(33-2)25(21)34-3)15-28(14-17-8-5-4-6-9-17)23(29)16-35-24-19(26(30)31)10-7-11-20(24)27/h4-13H,14-16H2,1-3H3,(H,30,31). The van der Waals surface area contributed by atoms with Gasteiger partial charge in [-0.05, 0) is 51.3 Å². The van der Waals surface area contributed by atoms with Gasteiger partial charge in [0, 0.05) is 13.1 Å². The topological polar surface area (TPSA) is 94.5 Å². The zero-order chi connectivity index (χ0) is 25.4. The number of hydrogen-bond acceptors (Lipinski definition) is 6. The first-order valence-corrected chi connectivity index (χ1v) is 11.4. The van der Waals surface area contributed by atoms with Crippen LogP contribution < -0.4 is 18.9 Å². The average molecular weight is 544 g/mol. The van der Waals surface area contributed by atoms with E-state index in [0.29, 0.717) is 28.3 Å². The van der Waals surface area contributed by atoms with Crippen LogP contribution in [0.3, 0.4) is 0 Å². The van der Waals surface area contributed by atoms with Crippen molar-refractivity contribution in [1.29, 1.82) is 0 Å². The summed E-state index contributed by atoms with van der Waals surface area (Å²) in [5.41, 5.74) is 1.66. The molecule has 0 aliphatic carbocycles. The van der Waals surface area contributed by atoms with Gasteiger partial charge in [-0.25, -0.2) is 4.79 Å². The largest absolute Gasteiger partial charge is 0.493 e. The summed E-state index contributed by atoms with van der Waals surface area (Å²) in [4.78, 5) is 26.5. The number of nitrogens with zero attached hydrogens (tertiary/aromatic N) is 1. The van der Waals surface area contributed by atoms with Gasteiger partial charge >= 0.3 is 5.97 Å². The van der Waals surface area contributed by atoms with Gasteiger partial charge in [0.25, 0.3) is 5.91 Å². The number of benzene rings is 3. The molecule has 1 N–H and O–H groups in total. The second kappa shape index (κ2) is 12.1. The molecule has 0 unspecified atom stereocenters. The highest BCUT2D eigenvalue weighted by atomic mass is 79.9. The first kappa shape index (κ1) is 25.9. The Morgan fingerprint density at radius 3 is 2.03 bits per heavy atom. The summed E-state index contributed by atoms with van der Waals surface area (Å²) in [6.07, 6.45) is 0. The maximum atomic E-state index is 13.3. The maximum Gasteiger partial charge on any atom is 0.339 e. The molecule has 0 atom stereocenters. The number of aromatic carboxylic acids is 1. The molecule has 3 aromatic carbocycles. The van der Waals surface area contributed by atoms with Gasteiger partial charge in [-0.15, -0.1) is 0 Å². The van der Waals surface area contributed by atoms with Crippen LogP contribution in [0.2, 0.25) is 0 Å². The molecule has 0 heterocycles. The van der Waals surface area contributed by atoms with E-state index in [4.69, 9.17) is 18.9 Å². The van der Waals surface area contributed by atoms with Crippen LogP contribution in [0.1, 0.15) is 21.5 Å². The molecule has 0 fully saturated rings. The number of carboxylic acids is 1. The third-order valence-electron chi connectivity index (χ3n) is 5.20. The zero-order valence-corrected chi connectivity index (χ0v) is 21.2. The van der Waals surface area contributed by atoms with Gasteiger partial charge in [0.05, 0.1) is 25.8 Å². The van der Waals surface area contributed by atoms with Crippen LogP contribution >= 0.6 is 15.9 Å². The molecule has 3 aromatic rings. The van der Waals surface area contributed by atoms with Crippen molar-refractivity contribution in [1.82, 2.24) is 4.90 Å². The second-order valence-electron chi connectivity index (χ2n) is 7.48. The maximum absolute atomic E-state index is 13.3. The van der Waals surface area contributed by atoms with Crippen molar-refractivity contribution in [2.24, 2.45) is 0 Å². The van der Waals surface area contributed by atoms with E-state index in [-0.39, 0.29) is 30.4 Å². The molecule has 0 saturated carbocycles. The molecule has 0 spiro atoms. The van der Waals surface area contributed by atoms with Crippen molar-refractivity contribution in [3.63, 3.8) is 0 Å². The van der Waals surface area contributed by atoms with Gasteiger partial charge in [0.1, 0.15) is 11.3 Å². The number of rotatable bonds is 11. The van der Waals surface area contributed by atoms with Crippen LogP contribution in [0.4, 0.5) is 0 Å². The lowest BCUT2D eigenvalue weighted by Gasteiger charge is -2.24. The fourth-order valence-electron chi connectivity index (χ4n) is 3.53. The lowest BCUT2D eigenvalue weighted by atomic mass is 10.1. The van der Waals surface area contributed by atoms with Gasteiger partial charge in [-0.3, -0.25) is 4.79 Å². The molecule has 184 valence electrons. The Morgan fingerprint density at radius 2 is 1.46 bits per heavy atom. The molecule has 1 amide bonds. The van der Waals surface area contributed by atoms with E-state index >= 15 is 0 Å². The van der Waals surface area contributed by atoms with Gasteiger partial charge in [-0.1, -0.05) is 36.4 Å². The summed E-state index contributed by atoms with van der Waals surface area (Å²) >= 11 is 3.30. The number of hydrogen-bond donors (Lipinski definition) is 1. The lowest BCUT2D eigenvalue weighted by Crippen LogP contribution is -2.34. The number of carboxylic acid groups (broad SMARTS) is 1. The molecule has 0 aromatic heterocycles. The van der Waals surface area contributed by atoms with Crippen molar-refractivity contribution in [2.45, 2.75) is 13.1 Å². The van der Waals surface area contributed by atoms with Gasteiger partial charge in [-0.2, -0.15) is 0 Å². The zero-order valence-electron chi connectivity index (χ0n) is 19.6. The Labute approximate surface area is 212 Å². The van der Waals surface area contributed by atoms with Crippen LogP contribution in [0.5, 0.6) is 23.0 Å². The Kier molecular flexibility index (Phi) is 8.97. The number of methoxy groups -OCH3 is 3. The highest BCUT2D eigenvalue weighted by Crippen LogP contribution is 2.38. The molecular weight excluding hydrogens is 518 g/mol. The summed E-state index contributed by atoms with van der Waals surface area (Å²) in [5, 5.41) is 9.47. The van der Waals surface area contributed by atoms with Crippen LogP contribution in [-0.4, -0.2) is 49.8 Å². The third kappa shape index (κ3) is 6.45. The molecular formula is C26H26BrNO7. The summed E-state index contributed by atoms with van der Waals surface area (Å²) < 4.78 is 22.4. The number of carbonyl (C=O) groups is 2. The van der Waals surface area contributed by atoms with Gasteiger partial charge in [0.15, 0.2) is 18.1 Å². The van der Waals surface area contributed by atoms with E-state index in [2.05, 4.69) is 15.9 Å². The van der Waals surface area contributed by atoms with E-state index in [1.807, 2.05) is 30.3 Å². The van der Waals surface area contributed by atoms with Crippen molar-refractivity contribution in [3.8, 4) is 23.0 Å². The fraction of sp³-hybridized carbons (Fsp3) is 0.231. The molecule has 9 heteroatoms. The number of halogens is 1. The van der Waals surface area contributed by atoms with Crippen LogP contribution in [0, 0.1) is 0 Å². The monoisotopic (exact) mass is 543 g/mol. The number of amides is 1. The van der Waals surface area contributed by atoms with Crippen molar-refractivity contribution in [2.75, 3.05) is 27.9 Å². The minimum atomic E-state index is -1.15. The first-order chi connectivity index (χ1) is 16.9. The van der Waals surface area contributed by atoms with E-state index in [1.165, 1.54) is 27.4 Å². The first-order valence-electron chi connectivity index (χ1n) is 10.6. The Morgan fingerprint density at radius 1 is 0.829 bits per heavy atom. The number of carbonyl (C=O) groups excluding carboxylic acids is 1. The summed E-state index contributed by atoms with van der Waals surface area (Å²) in [6.45, 7) is 0.205. The smallest absolute Gasteiger partial charge is 0.339 e. The summed E-state index contributed by atoms with van der Waals surface area (Å²) in [5.74, 6) is 0.0370. The molecule has 0 aliphatic rings. The van der Waals surface area contributed by atoms with Crippen LogP contribution in [-0.2, 0) is 17.9 Å². The molecule has 8 nitrogen and oxygen atoms in total. The van der Waals surface area contributed by atoms with Crippen molar-refractivity contribution < 1.29 is 33.6 Å². The Balaban J connectivity index is 1.88. The van der Waals surface area contributed by atoms with E-state index in [1.54, 1.807) is 29.2 Å².